The molecule has 0 unspecified atom stereocenters. The third kappa shape index (κ3) is 2.29. The molecule has 0 aromatic carbocycles. The number of hydrogen-bond acceptors (Lipinski definition) is 2. The van der Waals surface area contributed by atoms with Crippen LogP contribution < -0.4 is 0 Å². The van der Waals surface area contributed by atoms with Crippen molar-refractivity contribution in [3.8, 4) is 0 Å². The lowest BCUT2D eigenvalue weighted by molar-refractivity contribution is -0.130. The predicted octanol–water partition coefficient (Wildman–Crippen LogP) is 2.48. The molecule has 2 rings (SSSR count). The minimum absolute atomic E-state index is 0.848. The fourth-order valence-electron chi connectivity index (χ4n) is 2.49. The van der Waals surface area contributed by atoms with Crippen molar-refractivity contribution in [2.75, 3.05) is 26.4 Å². The fraction of sp³-hybridized carbons (Fsp3) is 1.00. The van der Waals surface area contributed by atoms with Gasteiger partial charge in [-0.1, -0.05) is 26.2 Å². The second-order valence-electron chi connectivity index (χ2n) is 4.75. The molecule has 2 heteroatoms. The van der Waals surface area contributed by atoms with Gasteiger partial charge in [-0.25, -0.2) is 0 Å². The average molecular weight is 198 g/mol. The summed E-state index contributed by atoms with van der Waals surface area (Å²) >= 11 is 0. The zero-order chi connectivity index (χ0) is 9.80. The zero-order valence-electron chi connectivity index (χ0n) is 9.21. The van der Waals surface area contributed by atoms with Gasteiger partial charge in [-0.2, -0.15) is 0 Å². The Morgan fingerprint density at radius 2 is 1.57 bits per heavy atom. The van der Waals surface area contributed by atoms with Gasteiger partial charge in [0.05, 0.1) is 26.4 Å². The van der Waals surface area contributed by atoms with Gasteiger partial charge < -0.3 is 9.47 Å². The van der Waals surface area contributed by atoms with Gasteiger partial charge in [-0.3, -0.25) is 0 Å². The molecular weight excluding hydrogens is 176 g/mol. The minimum Gasteiger partial charge on any atom is -0.381 e. The molecule has 0 N–H and O–H groups in total. The average Bonchev–Trinajstić information content (AvgIpc) is 1.98. The standard InChI is InChI=1S/C12H22O2/c1-2-3-4-5-12(10-6-13-7-10)11-8-14-9-11/h10-12H,2-9H2,1H3. The van der Waals surface area contributed by atoms with E-state index < -0.39 is 0 Å². The van der Waals surface area contributed by atoms with Crippen molar-refractivity contribution >= 4 is 0 Å². The lowest BCUT2D eigenvalue weighted by Crippen LogP contribution is -2.44. The van der Waals surface area contributed by atoms with Crippen molar-refractivity contribution in [3.05, 3.63) is 0 Å². The summed E-state index contributed by atoms with van der Waals surface area (Å²) in [6.45, 7) is 6.30. The molecule has 0 aromatic rings. The smallest absolute Gasteiger partial charge is 0.0519 e. The first kappa shape index (κ1) is 10.4. The van der Waals surface area contributed by atoms with E-state index in [4.69, 9.17) is 9.47 Å². The van der Waals surface area contributed by atoms with E-state index in [1.54, 1.807) is 0 Å². The molecule has 2 fully saturated rings. The third-order valence-electron chi connectivity index (χ3n) is 3.68. The fourth-order valence-corrected chi connectivity index (χ4v) is 2.49. The molecular formula is C12H22O2. The molecule has 82 valence electrons. The second-order valence-corrected chi connectivity index (χ2v) is 4.75. The highest BCUT2D eigenvalue weighted by molar-refractivity contribution is 4.83. The Bertz CT molecular complexity index is 148. The maximum absolute atomic E-state index is 5.30. The van der Waals surface area contributed by atoms with Crippen molar-refractivity contribution in [2.45, 2.75) is 32.6 Å². The molecule has 2 aliphatic heterocycles. The summed E-state index contributed by atoms with van der Waals surface area (Å²) in [6.07, 6.45) is 5.51. The second kappa shape index (κ2) is 5.13. The molecule has 0 atom stereocenters. The number of ether oxygens (including phenoxy) is 2. The van der Waals surface area contributed by atoms with E-state index in [9.17, 15) is 0 Å². The van der Waals surface area contributed by atoms with Crippen LogP contribution in [-0.4, -0.2) is 26.4 Å². The molecule has 0 aromatic heterocycles. The normalized spacial score (nSPS) is 23.6. The molecule has 0 amide bonds. The minimum atomic E-state index is 0.848. The van der Waals surface area contributed by atoms with E-state index in [0.29, 0.717) is 0 Å². The number of unbranched alkanes of at least 4 members (excludes halogenated alkanes) is 2. The Hall–Kier alpha value is -0.0800. The van der Waals surface area contributed by atoms with Gasteiger partial charge in [0, 0.05) is 11.8 Å². The highest BCUT2D eigenvalue weighted by Gasteiger charge is 2.37. The van der Waals surface area contributed by atoms with E-state index in [0.717, 1.165) is 44.2 Å². The largest absolute Gasteiger partial charge is 0.381 e. The maximum Gasteiger partial charge on any atom is 0.0519 e. The van der Waals surface area contributed by atoms with Crippen LogP contribution >= 0.6 is 0 Å². The van der Waals surface area contributed by atoms with Crippen LogP contribution in [0, 0.1) is 17.8 Å². The summed E-state index contributed by atoms with van der Waals surface area (Å²) in [6, 6.07) is 0. The van der Waals surface area contributed by atoms with Crippen LogP contribution in [0.25, 0.3) is 0 Å². The molecule has 0 radical (unpaired) electrons. The van der Waals surface area contributed by atoms with Crippen LogP contribution in [0.5, 0.6) is 0 Å². The third-order valence-corrected chi connectivity index (χ3v) is 3.68. The summed E-state index contributed by atoms with van der Waals surface area (Å²) in [4.78, 5) is 0. The van der Waals surface area contributed by atoms with Crippen molar-refractivity contribution < 1.29 is 9.47 Å². The Morgan fingerprint density at radius 3 is 1.93 bits per heavy atom. The molecule has 14 heavy (non-hydrogen) atoms. The summed E-state index contributed by atoms with van der Waals surface area (Å²) in [5.41, 5.74) is 0. The lowest BCUT2D eigenvalue weighted by atomic mass is 9.76. The van der Waals surface area contributed by atoms with Gasteiger partial charge in [-0.15, -0.1) is 0 Å². The van der Waals surface area contributed by atoms with E-state index in [2.05, 4.69) is 6.92 Å². The van der Waals surface area contributed by atoms with E-state index >= 15 is 0 Å². The Morgan fingerprint density at radius 1 is 1.00 bits per heavy atom. The maximum atomic E-state index is 5.30. The monoisotopic (exact) mass is 198 g/mol. The summed E-state index contributed by atoms with van der Waals surface area (Å²) in [5.74, 6) is 2.59. The molecule has 0 aliphatic carbocycles. The van der Waals surface area contributed by atoms with E-state index in [1.807, 2.05) is 0 Å². The van der Waals surface area contributed by atoms with Gasteiger partial charge in [-0.05, 0) is 12.3 Å². The van der Waals surface area contributed by atoms with Crippen molar-refractivity contribution in [1.29, 1.82) is 0 Å². The molecule has 2 nitrogen and oxygen atoms in total. The number of hydrogen-bond donors (Lipinski definition) is 0. The molecule has 2 heterocycles. The highest BCUT2D eigenvalue weighted by Crippen LogP contribution is 2.35. The van der Waals surface area contributed by atoms with Gasteiger partial charge >= 0.3 is 0 Å². The first-order chi connectivity index (χ1) is 6.92. The van der Waals surface area contributed by atoms with Gasteiger partial charge in [0.1, 0.15) is 0 Å². The summed E-state index contributed by atoms with van der Waals surface area (Å²) in [7, 11) is 0. The van der Waals surface area contributed by atoms with Gasteiger partial charge in [0.15, 0.2) is 0 Å². The SMILES string of the molecule is CCCCCC(C1COC1)C1COC1. The highest BCUT2D eigenvalue weighted by atomic mass is 16.5. The van der Waals surface area contributed by atoms with Crippen molar-refractivity contribution in [2.24, 2.45) is 17.8 Å². The topological polar surface area (TPSA) is 18.5 Å². The number of rotatable bonds is 6. The Balaban J connectivity index is 1.73. The van der Waals surface area contributed by atoms with E-state index in [1.165, 1.54) is 25.7 Å². The van der Waals surface area contributed by atoms with Gasteiger partial charge in [0.25, 0.3) is 0 Å². The molecule has 2 aliphatic rings. The van der Waals surface area contributed by atoms with E-state index in [-0.39, 0.29) is 0 Å². The van der Waals surface area contributed by atoms with Crippen LogP contribution in [0.1, 0.15) is 32.6 Å². The van der Waals surface area contributed by atoms with Gasteiger partial charge in [0.2, 0.25) is 0 Å². The van der Waals surface area contributed by atoms with Crippen LogP contribution in [0.4, 0.5) is 0 Å². The molecule has 0 spiro atoms. The summed E-state index contributed by atoms with van der Waals surface area (Å²) in [5, 5.41) is 0. The molecule has 0 bridgehead atoms. The predicted molar refractivity (Wildman–Crippen MR) is 56.3 cm³/mol. The Labute approximate surface area is 87.0 Å². The van der Waals surface area contributed by atoms with Crippen molar-refractivity contribution in [3.63, 3.8) is 0 Å². The quantitative estimate of drug-likeness (QED) is 0.610. The first-order valence-electron chi connectivity index (χ1n) is 6.07. The van der Waals surface area contributed by atoms with Crippen molar-refractivity contribution in [1.82, 2.24) is 0 Å². The zero-order valence-corrected chi connectivity index (χ0v) is 9.21. The van der Waals surface area contributed by atoms with Crippen LogP contribution in [0.15, 0.2) is 0 Å². The molecule has 2 saturated heterocycles. The van der Waals surface area contributed by atoms with Crippen LogP contribution in [0.3, 0.4) is 0 Å². The first-order valence-corrected chi connectivity index (χ1v) is 6.07. The molecule has 0 saturated carbocycles. The summed E-state index contributed by atoms with van der Waals surface area (Å²) < 4.78 is 10.6. The van der Waals surface area contributed by atoms with Crippen LogP contribution in [-0.2, 0) is 9.47 Å². The Kier molecular flexibility index (Phi) is 3.82. The van der Waals surface area contributed by atoms with Crippen LogP contribution in [0.2, 0.25) is 0 Å². The lowest BCUT2D eigenvalue weighted by Gasteiger charge is -2.42.